The van der Waals surface area contributed by atoms with Gasteiger partial charge in [0.1, 0.15) is 0 Å². The molecule has 4 rings (SSSR count). The minimum absolute atomic E-state index is 0.167. The van der Waals surface area contributed by atoms with Crippen molar-refractivity contribution in [2.24, 2.45) is 0 Å². The predicted octanol–water partition coefficient (Wildman–Crippen LogP) is 3.48. The van der Waals surface area contributed by atoms with Gasteiger partial charge in [-0.15, -0.1) is 0 Å². The molecular weight excluding hydrogens is 572 g/mol. The van der Waals surface area contributed by atoms with Crippen molar-refractivity contribution in [2.75, 3.05) is 6.61 Å². The summed E-state index contributed by atoms with van der Waals surface area (Å²) < 4.78 is 31.7. The molecule has 3 heterocycles. The third-order valence-corrected chi connectivity index (χ3v) is 11.5. The average Bonchev–Trinajstić information content (AvgIpc) is 3.51. The Morgan fingerprint density at radius 1 is 1.24 bits per heavy atom. The molecule has 1 aliphatic carbocycles. The first kappa shape index (κ1) is 29.6. The molecule has 1 aromatic rings. The van der Waals surface area contributed by atoms with E-state index in [1.807, 2.05) is 10.8 Å². The van der Waals surface area contributed by atoms with Gasteiger partial charge in [0, 0.05) is 0 Å². The van der Waals surface area contributed by atoms with Crippen molar-refractivity contribution in [3.63, 3.8) is 0 Å². The van der Waals surface area contributed by atoms with Crippen molar-refractivity contribution in [3.05, 3.63) is 22.1 Å². The monoisotopic (exact) mass is 611 g/mol. The van der Waals surface area contributed by atoms with Crippen LogP contribution in [0.1, 0.15) is 78.5 Å². The molecule has 5 atom stereocenters. The Morgan fingerprint density at radius 2 is 1.92 bits per heavy atom. The van der Waals surface area contributed by atoms with Gasteiger partial charge in [0.05, 0.1) is 0 Å². The molecule has 10 nitrogen and oxygen atoms in total. The fourth-order valence-corrected chi connectivity index (χ4v) is 9.18. The van der Waals surface area contributed by atoms with Crippen LogP contribution in [0.4, 0.5) is 0 Å². The zero-order chi connectivity index (χ0) is 27.7. The number of aromatic nitrogens is 2. The molecule has 208 valence electrons. The van der Waals surface area contributed by atoms with E-state index in [1.165, 1.54) is 0 Å². The fraction of sp³-hybridized carbons (Fsp3) is 0.769. The van der Waals surface area contributed by atoms with E-state index in [9.17, 15) is 4.79 Å². The molecule has 1 spiro atoms. The summed E-state index contributed by atoms with van der Waals surface area (Å²) in [5.74, 6) is 0. The zero-order valence-electron chi connectivity index (χ0n) is 23.0. The standard InChI is InChI=1S/C26H38N5O5PSe/c1-7-26-21(36-37(33-14-8-12-27)31(17(2)3)18(4)5)20(34-25(26)10-11-25)23(35-26)30-16-19(6)22(32)29-24(30)38-15-9-13-28/h16-18,20-21,23H,7-11,14-15H2,1-6H3/t20-,21?,23+,26+,37?/m0/s1. The number of nitriles is 2. The van der Waals surface area contributed by atoms with E-state index in [0.717, 1.165) is 12.8 Å². The molecule has 1 aromatic heterocycles. The van der Waals surface area contributed by atoms with E-state index in [4.69, 9.17) is 29.0 Å². The van der Waals surface area contributed by atoms with Crippen molar-refractivity contribution in [2.45, 2.75) is 121 Å². The Labute approximate surface area is 232 Å². The van der Waals surface area contributed by atoms with Gasteiger partial charge >= 0.3 is 233 Å². The zero-order valence-corrected chi connectivity index (χ0v) is 25.7. The first-order valence-corrected chi connectivity index (χ1v) is 16.5. The Morgan fingerprint density at radius 3 is 2.50 bits per heavy atom. The van der Waals surface area contributed by atoms with Gasteiger partial charge in [-0.2, -0.15) is 0 Å². The molecule has 12 heteroatoms. The summed E-state index contributed by atoms with van der Waals surface area (Å²) in [6, 6.07) is 4.69. The van der Waals surface area contributed by atoms with Crippen LogP contribution in [0, 0.1) is 29.6 Å². The second-order valence-electron chi connectivity index (χ2n) is 10.6. The molecule has 2 unspecified atom stereocenters. The molecule has 2 saturated heterocycles. The van der Waals surface area contributed by atoms with Crippen molar-refractivity contribution < 1.29 is 18.5 Å². The third-order valence-electron chi connectivity index (χ3n) is 7.41. The van der Waals surface area contributed by atoms with E-state index in [1.54, 1.807) is 6.92 Å². The molecule has 0 radical (unpaired) electrons. The summed E-state index contributed by atoms with van der Waals surface area (Å²) >= 11 is -0.167. The van der Waals surface area contributed by atoms with Gasteiger partial charge in [0.25, 0.3) is 0 Å². The maximum absolute atomic E-state index is 12.5. The van der Waals surface area contributed by atoms with E-state index in [0.29, 0.717) is 35.1 Å². The predicted molar refractivity (Wildman–Crippen MR) is 144 cm³/mol. The van der Waals surface area contributed by atoms with Crippen LogP contribution in [-0.4, -0.2) is 71.3 Å². The first-order chi connectivity index (χ1) is 18.1. The number of ether oxygens (including phenoxy) is 2. The number of hydrogen-bond acceptors (Lipinski definition) is 9. The normalized spacial score (nSPS) is 27.8. The van der Waals surface area contributed by atoms with Gasteiger partial charge in [0.15, 0.2) is 0 Å². The molecule has 0 aromatic carbocycles. The van der Waals surface area contributed by atoms with E-state index < -0.39 is 26.5 Å². The van der Waals surface area contributed by atoms with Crippen LogP contribution in [0.5, 0.6) is 0 Å². The van der Waals surface area contributed by atoms with Crippen molar-refractivity contribution >= 4 is 28.2 Å². The van der Waals surface area contributed by atoms with Crippen LogP contribution in [-0.2, 0) is 18.5 Å². The van der Waals surface area contributed by atoms with Crippen LogP contribution < -0.4 is 10.3 Å². The van der Waals surface area contributed by atoms with Crippen LogP contribution in [0.2, 0.25) is 5.32 Å². The number of rotatable bonds is 13. The summed E-state index contributed by atoms with van der Waals surface area (Å²) in [6.45, 7) is 12.6. The summed E-state index contributed by atoms with van der Waals surface area (Å²) in [4.78, 5) is 16.8. The Bertz CT molecular complexity index is 1140. The second kappa shape index (κ2) is 12.0. The molecule has 0 N–H and O–H groups in total. The quantitative estimate of drug-likeness (QED) is 0.188. The van der Waals surface area contributed by atoms with Gasteiger partial charge in [-0.05, 0) is 0 Å². The Hall–Kier alpha value is -1.39. The number of nitrogens with zero attached hydrogens (tertiary/aromatic N) is 5. The number of fused-ring (bicyclic) bond motifs is 3. The SMILES string of the molecule is CC[C@]12O[C@@H](n3cc(C)c(=O)nc3[Se]CCC#N)[C@@H](OC13CC3)C2OP(OCCC#N)N(C(C)C)C(C)C. The van der Waals surface area contributed by atoms with Gasteiger partial charge in [-0.3, -0.25) is 0 Å². The molecule has 38 heavy (non-hydrogen) atoms. The Kier molecular flexibility index (Phi) is 9.35. The van der Waals surface area contributed by atoms with E-state index >= 15 is 0 Å². The number of hydrogen-bond donors (Lipinski definition) is 0. The Balaban J connectivity index is 1.71. The van der Waals surface area contributed by atoms with Gasteiger partial charge in [-0.1, -0.05) is 0 Å². The van der Waals surface area contributed by atoms with Gasteiger partial charge < -0.3 is 0 Å². The molecule has 3 aliphatic rings. The number of aryl methyl sites for hydroxylation is 1. The molecule has 2 aliphatic heterocycles. The molecular formula is C26H38N5O5PSe. The minimum atomic E-state index is -1.49. The second-order valence-corrected chi connectivity index (χ2v) is 14.2. The van der Waals surface area contributed by atoms with E-state index in [-0.39, 0.29) is 50.7 Å². The summed E-state index contributed by atoms with van der Waals surface area (Å²) in [7, 11) is -1.49. The van der Waals surface area contributed by atoms with Crippen molar-refractivity contribution in [1.82, 2.24) is 14.2 Å². The third kappa shape index (κ3) is 5.33. The topological polar surface area (TPSA) is 123 Å². The molecule has 2 bridgehead atoms. The maximum atomic E-state index is 12.5. The van der Waals surface area contributed by atoms with Crippen LogP contribution >= 0.6 is 8.53 Å². The molecule has 3 fully saturated rings. The fourth-order valence-electron chi connectivity index (χ4n) is 5.65. The summed E-state index contributed by atoms with van der Waals surface area (Å²) in [5.41, 5.74) is -0.757. The van der Waals surface area contributed by atoms with Crippen molar-refractivity contribution in [3.8, 4) is 12.1 Å². The average molecular weight is 611 g/mol. The van der Waals surface area contributed by atoms with Gasteiger partial charge in [-0.25, -0.2) is 0 Å². The first-order valence-electron chi connectivity index (χ1n) is 13.3. The molecule has 1 saturated carbocycles. The van der Waals surface area contributed by atoms with Crippen LogP contribution in [0.25, 0.3) is 0 Å². The van der Waals surface area contributed by atoms with Crippen LogP contribution in [0.15, 0.2) is 11.0 Å². The van der Waals surface area contributed by atoms with E-state index in [2.05, 4.69) is 56.4 Å². The summed E-state index contributed by atoms with van der Waals surface area (Å²) in [6.07, 6.45) is 3.75. The van der Waals surface area contributed by atoms with Crippen LogP contribution in [0.3, 0.4) is 0 Å². The van der Waals surface area contributed by atoms with Crippen molar-refractivity contribution in [1.29, 1.82) is 10.5 Å². The molecule has 0 amide bonds. The summed E-state index contributed by atoms with van der Waals surface area (Å²) in [5, 5.41) is 18.8. The van der Waals surface area contributed by atoms with Gasteiger partial charge in [0.2, 0.25) is 0 Å².